The molecule has 0 aliphatic heterocycles. The van der Waals surface area contributed by atoms with Crippen molar-refractivity contribution in [3.8, 4) is 0 Å². The molecule has 14 nitrogen and oxygen atoms in total. The monoisotopic (exact) mass is 729 g/mol. The molecule has 18 heteroatoms. The highest BCUT2D eigenvalue weighted by Gasteiger charge is 2.33. The van der Waals surface area contributed by atoms with Crippen LogP contribution in [0.5, 0.6) is 0 Å². The Morgan fingerprint density at radius 1 is 0.617 bits per heavy atom. The van der Waals surface area contributed by atoms with E-state index in [1.165, 1.54) is 0 Å². The van der Waals surface area contributed by atoms with Gasteiger partial charge in [0.05, 0.1) is 79.3 Å². The summed E-state index contributed by atoms with van der Waals surface area (Å²) in [6, 6.07) is 0. The van der Waals surface area contributed by atoms with Gasteiger partial charge in [-0.05, 0) is 43.7 Å². The summed E-state index contributed by atoms with van der Waals surface area (Å²) in [5, 5.41) is 6.75. The highest BCUT2D eigenvalue weighted by Crippen LogP contribution is 2.26. The first-order valence-corrected chi connectivity index (χ1v) is 24.0. The Bertz CT molecular complexity index is 1140. The van der Waals surface area contributed by atoms with Crippen LogP contribution < -0.4 is 0 Å². The van der Waals surface area contributed by atoms with Gasteiger partial charge in [0.1, 0.15) is 0 Å². The Morgan fingerprint density at radius 2 is 1.00 bits per heavy atom. The highest BCUT2D eigenvalue weighted by molar-refractivity contribution is 8.01. The highest BCUT2D eigenvalue weighted by atomic mass is 32.2. The van der Waals surface area contributed by atoms with E-state index in [1.807, 2.05) is 24.8 Å². The van der Waals surface area contributed by atoms with Gasteiger partial charge in [-0.2, -0.15) is 0 Å². The molecule has 0 atom stereocenters. The number of nitrogens with zero attached hydrogens (tertiary/aromatic N) is 7. The molecule has 0 spiro atoms. The van der Waals surface area contributed by atoms with Crippen LogP contribution in [0.1, 0.15) is 18.1 Å². The molecule has 0 saturated carbocycles. The zero-order chi connectivity index (χ0) is 34.1. The van der Waals surface area contributed by atoms with Crippen molar-refractivity contribution in [1.82, 2.24) is 19.9 Å². The number of hydrogen-bond donors (Lipinski definition) is 0. The van der Waals surface area contributed by atoms with Gasteiger partial charge in [-0.1, -0.05) is 35.6 Å². The van der Waals surface area contributed by atoms with Gasteiger partial charge < -0.3 is 32.5 Å². The van der Waals surface area contributed by atoms with E-state index in [0.29, 0.717) is 85.8 Å². The molecule has 0 saturated heterocycles. The summed E-state index contributed by atoms with van der Waals surface area (Å²) in [5.41, 5.74) is 10.2. The van der Waals surface area contributed by atoms with Crippen LogP contribution in [0, 0.1) is 0 Å². The second kappa shape index (κ2) is 25.3. The Labute approximate surface area is 289 Å². The lowest BCUT2D eigenvalue weighted by Crippen LogP contribution is -2.48. The number of thioether (sulfide) groups is 2. The molecular formula is C29H51N7O7S2Si2. The first-order chi connectivity index (χ1) is 22.7. The van der Waals surface area contributed by atoms with E-state index < -0.39 is 16.6 Å². The van der Waals surface area contributed by atoms with Crippen molar-refractivity contribution < 1.29 is 32.5 Å². The minimum Gasteiger partial charge on any atom is -0.454 e. The second-order valence-corrected chi connectivity index (χ2v) is 22.8. The van der Waals surface area contributed by atoms with Crippen molar-refractivity contribution in [2.24, 2.45) is 5.11 Å². The first kappa shape index (κ1) is 41.5. The Hall–Kier alpha value is -1.68. The van der Waals surface area contributed by atoms with Crippen molar-refractivity contribution in [2.45, 2.75) is 56.5 Å². The summed E-state index contributed by atoms with van der Waals surface area (Å²) < 4.78 is 39.6. The molecule has 2 rings (SSSR count). The van der Waals surface area contributed by atoms with Crippen molar-refractivity contribution in [3.63, 3.8) is 0 Å². The molecule has 2 aromatic heterocycles. The maximum Gasteiger partial charge on any atom is 0.187 e. The number of rotatable bonds is 29. The Kier molecular flexibility index (Phi) is 22.4. The summed E-state index contributed by atoms with van der Waals surface area (Å²) in [5.74, 6) is 0. The molecule has 0 amide bonds. The average molecular weight is 730 g/mol. The zero-order valence-corrected chi connectivity index (χ0v) is 32.1. The van der Waals surface area contributed by atoms with Gasteiger partial charge in [-0.3, -0.25) is 0 Å². The van der Waals surface area contributed by atoms with Crippen molar-refractivity contribution in [2.75, 3.05) is 90.0 Å². The van der Waals surface area contributed by atoms with Gasteiger partial charge >= 0.3 is 0 Å². The lowest BCUT2D eigenvalue weighted by Gasteiger charge is -2.33. The quantitative estimate of drug-likeness (QED) is 0.0206. The van der Waals surface area contributed by atoms with E-state index >= 15 is 0 Å². The number of azide groups is 1. The fraction of sp³-hybridized carbons (Fsp3) is 0.724. The van der Waals surface area contributed by atoms with E-state index in [-0.39, 0.29) is 0 Å². The van der Waals surface area contributed by atoms with E-state index in [4.69, 9.17) is 38.1 Å². The van der Waals surface area contributed by atoms with E-state index in [1.54, 1.807) is 23.5 Å². The predicted octanol–water partition coefficient (Wildman–Crippen LogP) is 5.13. The smallest absolute Gasteiger partial charge is 0.187 e. The molecule has 264 valence electrons. The van der Waals surface area contributed by atoms with Crippen LogP contribution in [-0.2, 0) is 45.6 Å². The lowest BCUT2D eigenvalue weighted by molar-refractivity contribution is -0.0174. The van der Waals surface area contributed by atoms with Gasteiger partial charge in [-0.25, -0.2) is 19.9 Å². The molecule has 0 aliphatic rings. The average Bonchev–Trinajstić information content (AvgIpc) is 3.06. The van der Waals surface area contributed by atoms with Crippen LogP contribution >= 0.6 is 23.5 Å². The van der Waals surface area contributed by atoms with E-state index in [0.717, 1.165) is 38.6 Å². The van der Waals surface area contributed by atoms with E-state index in [9.17, 15) is 0 Å². The van der Waals surface area contributed by atoms with Gasteiger partial charge in [-0.15, -0.1) is 0 Å². The number of hydrogen-bond acceptors (Lipinski definition) is 14. The molecule has 0 aromatic carbocycles. The fourth-order valence-electron chi connectivity index (χ4n) is 3.82. The largest absolute Gasteiger partial charge is 0.454 e. The minimum absolute atomic E-state index is 0.328. The van der Waals surface area contributed by atoms with Crippen LogP contribution in [0.25, 0.3) is 10.4 Å². The number of ether oxygens (including phenoxy) is 6. The fourth-order valence-corrected chi connectivity index (χ4v) is 15.7. The van der Waals surface area contributed by atoms with Gasteiger partial charge in [0.15, 0.2) is 26.9 Å². The Morgan fingerprint density at radius 3 is 1.40 bits per heavy atom. The third-order valence-electron chi connectivity index (χ3n) is 5.95. The molecule has 0 N–H and O–H groups in total. The van der Waals surface area contributed by atoms with E-state index in [2.05, 4.69) is 63.1 Å². The molecule has 2 heterocycles. The second-order valence-electron chi connectivity index (χ2n) is 11.4. The topological polar surface area (TPSA) is 165 Å². The van der Waals surface area contributed by atoms with Crippen molar-refractivity contribution in [1.29, 1.82) is 0 Å². The maximum atomic E-state index is 8.16. The van der Waals surface area contributed by atoms with Gasteiger partial charge in [0, 0.05) is 52.6 Å². The first-order valence-electron chi connectivity index (χ1n) is 15.8. The molecule has 2 aromatic rings. The molecule has 0 radical (unpaired) electrons. The summed E-state index contributed by atoms with van der Waals surface area (Å²) in [7, 11) is -3.83. The summed E-state index contributed by atoms with van der Waals surface area (Å²) >= 11 is 3.34. The minimum atomic E-state index is -1.93. The van der Waals surface area contributed by atoms with Crippen LogP contribution in [0.3, 0.4) is 0 Å². The maximum absolute atomic E-state index is 8.16. The van der Waals surface area contributed by atoms with Crippen LogP contribution in [0.4, 0.5) is 0 Å². The standard InChI is InChI=1S/C29H51N7O7S2Si2/c1-6-26-19-31-28(32-20-26)44-24-46(2,3)43-47(4,5)25-45-29-33-21-27(22-34-29)23-42-18-17-41-16-15-40-14-13-39-12-11-38-10-9-37-8-7-35-36-30/h19-22H,6-18,23-25H2,1-5H3. The van der Waals surface area contributed by atoms with Gasteiger partial charge in [0.25, 0.3) is 0 Å². The number of aromatic nitrogens is 4. The molecule has 47 heavy (non-hydrogen) atoms. The molecular weight excluding hydrogens is 679 g/mol. The molecule has 0 fully saturated rings. The Balaban J connectivity index is 1.44. The normalized spacial score (nSPS) is 11.9. The third-order valence-corrected chi connectivity index (χ3v) is 18.0. The summed E-state index contributed by atoms with van der Waals surface area (Å²) in [6.45, 7) is 17.1. The van der Waals surface area contributed by atoms with Crippen LogP contribution in [-0.4, -0.2) is 127 Å². The summed E-state index contributed by atoms with van der Waals surface area (Å²) in [6.07, 6.45) is 8.39. The summed E-state index contributed by atoms with van der Waals surface area (Å²) in [4.78, 5) is 20.6. The lowest BCUT2D eigenvalue weighted by atomic mass is 10.3. The molecule has 0 unspecified atom stereocenters. The van der Waals surface area contributed by atoms with Gasteiger partial charge in [0.2, 0.25) is 0 Å². The molecule has 0 bridgehead atoms. The third kappa shape index (κ3) is 21.8. The number of aryl methyl sites for hydroxylation is 1. The SMILES string of the molecule is CCc1cnc(SC[Si](C)(C)O[Si](C)(C)CSc2ncc(COCCOCCOCCOCCOCCOCCN=[N+]=[N-])cn2)nc1. The predicted molar refractivity (Wildman–Crippen MR) is 189 cm³/mol. The van der Waals surface area contributed by atoms with Crippen molar-refractivity contribution >= 4 is 40.2 Å². The van der Waals surface area contributed by atoms with Crippen LogP contribution in [0.2, 0.25) is 26.2 Å². The van der Waals surface area contributed by atoms with Crippen LogP contribution in [0.15, 0.2) is 40.2 Å². The molecule has 0 aliphatic carbocycles. The zero-order valence-electron chi connectivity index (χ0n) is 28.4. The van der Waals surface area contributed by atoms with Crippen molar-refractivity contribution in [3.05, 3.63) is 46.4 Å².